The van der Waals surface area contributed by atoms with Crippen molar-refractivity contribution in [3.8, 4) is 0 Å². The fraction of sp³-hybridized carbons (Fsp3) is 0.455. The molecule has 0 bridgehead atoms. The molecule has 0 unspecified atom stereocenters. The molecule has 1 aromatic carbocycles. The van der Waals surface area contributed by atoms with E-state index >= 15 is 0 Å². The number of halogens is 2. The molecule has 0 spiro atoms. The highest BCUT2D eigenvalue weighted by atomic mass is 19.2. The van der Waals surface area contributed by atoms with E-state index in [2.05, 4.69) is 5.32 Å². The Hall–Kier alpha value is -1.00. The standard InChI is InChI=1S/C11H15F2NO/c1-8-3-4-9(11(13)10(8)12)7-14-5-6-15-2/h3-4,14H,5-7H2,1-2H3. The van der Waals surface area contributed by atoms with Crippen LogP contribution in [0.1, 0.15) is 11.1 Å². The minimum Gasteiger partial charge on any atom is -0.383 e. The maximum atomic E-state index is 13.3. The third kappa shape index (κ3) is 3.25. The largest absolute Gasteiger partial charge is 0.383 e. The van der Waals surface area contributed by atoms with Crippen LogP contribution in [0.2, 0.25) is 0 Å². The first-order chi connectivity index (χ1) is 7.16. The summed E-state index contributed by atoms with van der Waals surface area (Å²) in [7, 11) is 1.59. The molecule has 4 heteroatoms. The second kappa shape index (κ2) is 5.78. The van der Waals surface area contributed by atoms with Gasteiger partial charge in [-0.05, 0) is 12.5 Å². The number of methoxy groups -OCH3 is 1. The minimum absolute atomic E-state index is 0.312. The van der Waals surface area contributed by atoms with E-state index in [1.165, 1.54) is 0 Å². The Morgan fingerprint density at radius 1 is 1.27 bits per heavy atom. The maximum absolute atomic E-state index is 13.3. The molecule has 0 aliphatic heterocycles. The first-order valence-corrected chi connectivity index (χ1v) is 4.80. The van der Waals surface area contributed by atoms with E-state index in [0.717, 1.165) is 0 Å². The van der Waals surface area contributed by atoms with Gasteiger partial charge in [0, 0.05) is 25.8 Å². The lowest BCUT2D eigenvalue weighted by atomic mass is 10.1. The number of hydrogen-bond donors (Lipinski definition) is 1. The van der Waals surface area contributed by atoms with E-state index in [-0.39, 0.29) is 0 Å². The summed E-state index contributed by atoms with van der Waals surface area (Å²) in [5, 5.41) is 2.96. The Kier molecular flexibility index (Phi) is 4.65. The van der Waals surface area contributed by atoms with E-state index in [9.17, 15) is 8.78 Å². The summed E-state index contributed by atoms with van der Waals surface area (Å²) in [6.07, 6.45) is 0. The molecule has 2 nitrogen and oxygen atoms in total. The molecule has 1 aromatic rings. The van der Waals surface area contributed by atoms with Gasteiger partial charge in [-0.2, -0.15) is 0 Å². The molecule has 1 N–H and O–H groups in total. The molecule has 0 aliphatic rings. The highest BCUT2D eigenvalue weighted by molar-refractivity contribution is 5.25. The first kappa shape index (κ1) is 12.1. The van der Waals surface area contributed by atoms with Crippen LogP contribution in [0.5, 0.6) is 0 Å². The van der Waals surface area contributed by atoms with Gasteiger partial charge >= 0.3 is 0 Å². The van der Waals surface area contributed by atoms with E-state index in [1.54, 1.807) is 26.2 Å². The molecule has 0 amide bonds. The van der Waals surface area contributed by atoms with Crippen molar-refractivity contribution in [1.29, 1.82) is 0 Å². The van der Waals surface area contributed by atoms with Gasteiger partial charge in [-0.1, -0.05) is 12.1 Å². The van der Waals surface area contributed by atoms with Crippen LogP contribution in [0.3, 0.4) is 0 Å². The zero-order valence-corrected chi connectivity index (χ0v) is 8.94. The van der Waals surface area contributed by atoms with Crippen LogP contribution >= 0.6 is 0 Å². The van der Waals surface area contributed by atoms with Crippen LogP contribution in [0.15, 0.2) is 12.1 Å². The Labute approximate surface area is 88.3 Å². The number of hydrogen-bond acceptors (Lipinski definition) is 2. The van der Waals surface area contributed by atoms with Crippen LogP contribution in [0, 0.1) is 18.6 Å². The quantitative estimate of drug-likeness (QED) is 0.759. The molecular weight excluding hydrogens is 200 g/mol. The molecule has 0 atom stereocenters. The zero-order valence-electron chi connectivity index (χ0n) is 8.94. The molecule has 0 radical (unpaired) electrons. The second-order valence-corrected chi connectivity index (χ2v) is 3.34. The Morgan fingerprint density at radius 2 is 2.00 bits per heavy atom. The number of aryl methyl sites for hydroxylation is 1. The SMILES string of the molecule is COCCNCc1ccc(C)c(F)c1F. The second-order valence-electron chi connectivity index (χ2n) is 3.34. The van der Waals surface area contributed by atoms with E-state index < -0.39 is 11.6 Å². The van der Waals surface area contributed by atoms with Gasteiger partial charge in [-0.25, -0.2) is 8.78 Å². The van der Waals surface area contributed by atoms with Gasteiger partial charge in [0.25, 0.3) is 0 Å². The van der Waals surface area contributed by atoms with Crippen molar-refractivity contribution in [2.24, 2.45) is 0 Å². The maximum Gasteiger partial charge on any atom is 0.163 e. The van der Waals surface area contributed by atoms with Crippen molar-refractivity contribution in [2.75, 3.05) is 20.3 Å². The van der Waals surface area contributed by atoms with Crippen molar-refractivity contribution in [2.45, 2.75) is 13.5 Å². The Morgan fingerprint density at radius 3 is 2.67 bits per heavy atom. The summed E-state index contributed by atoms with van der Waals surface area (Å²) in [5.41, 5.74) is 0.669. The number of benzene rings is 1. The summed E-state index contributed by atoms with van der Waals surface area (Å²) in [4.78, 5) is 0. The third-order valence-electron chi connectivity index (χ3n) is 2.15. The van der Waals surface area contributed by atoms with Gasteiger partial charge in [0.1, 0.15) is 0 Å². The van der Waals surface area contributed by atoms with E-state index in [1.807, 2.05) is 0 Å². The predicted octanol–water partition coefficient (Wildman–Crippen LogP) is 2.01. The fourth-order valence-corrected chi connectivity index (χ4v) is 1.22. The van der Waals surface area contributed by atoms with Crippen molar-refractivity contribution < 1.29 is 13.5 Å². The van der Waals surface area contributed by atoms with E-state index in [4.69, 9.17) is 4.74 Å². The number of rotatable bonds is 5. The Bertz CT molecular complexity index is 329. The molecule has 0 saturated carbocycles. The highest BCUT2D eigenvalue weighted by Gasteiger charge is 2.09. The molecule has 0 fully saturated rings. The van der Waals surface area contributed by atoms with Crippen LogP contribution in [0.25, 0.3) is 0 Å². The van der Waals surface area contributed by atoms with Gasteiger partial charge in [-0.15, -0.1) is 0 Å². The molecular formula is C11H15F2NO. The van der Waals surface area contributed by atoms with Gasteiger partial charge < -0.3 is 10.1 Å². The lowest BCUT2D eigenvalue weighted by molar-refractivity contribution is 0.199. The van der Waals surface area contributed by atoms with Gasteiger partial charge in [0.05, 0.1) is 6.61 Å². The van der Waals surface area contributed by atoms with Crippen LogP contribution in [-0.2, 0) is 11.3 Å². The summed E-state index contributed by atoms with van der Waals surface area (Å²) < 4.78 is 31.3. The topological polar surface area (TPSA) is 21.3 Å². The fourth-order valence-electron chi connectivity index (χ4n) is 1.22. The highest BCUT2D eigenvalue weighted by Crippen LogP contribution is 2.15. The summed E-state index contributed by atoms with van der Waals surface area (Å²) >= 11 is 0. The molecule has 1 rings (SSSR count). The molecule has 0 saturated heterocycles. The molecule has 84 valence electrons. The van der Waals surface area contributed by atoms with Crippen LogP contribution < -0.4 is 5.32 Å². The van der Waals surface area contributed by atoms with Crippen LogP contribution in [-0.4, -0.2) is 20.3 Å². The van der Waals surface area contributed by atoms with Crippen molar-refractivity contribution >= 4 is 0 Å². The normalized spacial score (nSPS) is 10.7. The molecule has 0 aromatic heterocycles. The average molecular weight is 215 g/mol. The Balaban J connectivity index is 2.58. The van der Waals surface area contributed by atoms with Crippen LogP contribution in [0.4, 0.5) is 8.78 Å². The van der Waals surface area contributed by atoms with Gasteiger partial charge in [0.2, 0.25) is 0 Å². The average Bonchev–Trinajstić information content (AvgIpc) is 2.24. The van der Waals surface area contributed by atoms with Gasteiger partial charge in [0.15, 0.2) is 11.6 Å². The minimum atomic E-state index is -0.764. The summed E-state index contributed by atoms with van der Waals surface area (Å²) in [6.45, 7) is 3.02. The van der Waals surface area contributed by atoms with Crippen molar-refractivity contribution in [3.63, 3.8) is 0 Å². The molecule has 0 aliphatic carbocycles. The third-order valence-corrected chi connectivity index (χ3v) is 2.15. The van der Waals surface area contributed by atoms with Crippen molar-refractivity contribution in [1.82, 2.24) is 5.32 Å². The summed E-state index contributed by atoms with van der Waals surface area (Å²) in [5.74, 6) is -1.53. The first-order valence-electron chi connectivity index (χ1n) is 4.80. The number of ether oxygens (including phenoxy) is 1. The monoisotopic (exact) mass is 215 g/mol. The van der Waals surface area contributed by atoms with Crippen molar-refractivity contribution in [3.05, 3.63) is 34.9 Å². The number of nitrogens with one attached hydrogen (secondary N) is 1. The van der Waals surface area contributed by atoms with Gasteiger partial charge in [-0.3, -0.25) is 0 Å². The lowest BCUT2D eigenvalue weighted by Gasteiger charge is -2.07. The van der Waals surface area contributed by atoms with E-state index in [0.29, 0.717) is 30.8 Å². The molecule has 0 heterocycles. The zero-order chi connectivity index (χ0) is 11.3. The molecule has 15 heavy (non-hydrogen) atoms. The lowest BCUT2D eigenvalue weighted by Crippen LogP contribution is -2.19. The summed E-state index contributed by atoms with van der Waals surface area (Å²) in [6, 6.07) is 3.17. The smallest absolute Gasteiger partial charge is 0.163 e. The predicted molar refractivity (Wildman–Crippen MR) is 54.7 cm³/mol.